The van der Waals surface area contributed by atoms with Crippen molar-refractivity contribution in [3.8, 4) is 0 Å². The van der Waals surface area contributed by atoms with Crippen LogP contribution in [0.5, 0.6) is 0 Å². The van der Waals surface area contributed by atoms with Gasteiger partial charge in [0.25, 0.3) is 0 Å². The number of amides is 2. The molecule has 1 aliphatic heterocycles. The Labute approximate surface area is 184 Å². The number of nitrogens with zero attached hydrogens (tertiary/aromatic N) is 3. The summed E-state index contributed by atoms with van der Waals surface area (Å²) in [6, 6.07) is 13.2. The molecule has 2 amide bonds. The fourth-order valence-corrected chi connectivity index (χ4v) is 4.12. The van der Waals surface area contributed by atoms with Crippen LogP contribution in [-0.2, 0) is 9.47 Å². The van der Waals surface area contributed by atoms with E-state index in [0.717, 1.165) is 26.9 Å². The Morgan fingerprint density at radius 2 is 1.67 bits per heavy atom. The lowest BCUT2D eigenvalue weighted by molar-refractivity contribution is -0.0103. The van der Waals surface area contributed by atoms with Crippen molar-refractivity contribution in [2.75, 3.05) is 5.32 Å². The van der Waals surface area contributed by atoms with E-state index in [-0.39, 0.29) is 12.2 Å². The van der Waals surface area contributed by atoms with Crippen LogP contribution in [0.1, 0.15) is 38.7 Å². The molecule has 1 aromatic carbocycles. The van der Waals surface area contributed by atoms with E-state index >= 15 is 0 Å². The maximum Gasteiger partial charge on any atom is 0.440 e. The maximum atomic E-state index is 12.9. The zero-order valence-electron chi connectivity index (χ0n) is 17.1. The molecule has 1 atom stereocenters. The highest BCUT2D eigenvalue weighted by molar-refractivity contribution is 8.12. The smallest absolute Gasteiger partial charge is 0.440 e. The zero-order valence-corrected chi connectivity index (χ0v) is 18.8. The van der Waals surface area contributed by atoms with Crippen LogP contribution in [0.3, 0.4) is 0 Å². The number of hydrogen-bond acceptors (Lipinski definition) is 8. The van der Waals surface area contributed by atoms with Crippen LogP contribution >= 0.6 is 23.3 Å². The molecule has 2 heterocycles. The van der Waals surface area contributed by atoms with Crippen LogP contribution in [0.25, 0.3) is 0 Å². The van der Waals surface area contributed by atoms with Crippen molar-refractivity contribution in [1.82, 2.24) is 9.42 Å². The van der Waals surface area contributed by atoms with Gasteiger partial charge in [0.05, 0.1) is 29.0 Å². The third kappa shape index (κ3) is 5.45. The van der Waals surface area contributed by atoms with Crippen molar-refractivity contribution in [3.05, 3.63) is 52.7 Å². The molecular weight excluding hydrogens is 424 g/mol. The molecule has 0 aliphatic carbocycles. The van der Waals surface area contributed by atoms with Gasteiger partial charge < -0.3 is 14.8 Å². The van der Waals surface area contributed by atoms with Gasteiger partial charge in [-0.25, -0.2) is 14.6 Å². The number of carbonyl (C=O) groups excluding carboxylic acids is 2. The van der Waals surface area contributed by atoms with Crippen LogP contribution in [0.2, 0.25) is 0 Å². The molecule has 0 radical (unpaired) electrons. The van der Waals surface area contributed by atoms with Crippen molar-refractivity contribution in [2.24, 2.45) is 4.99 Å². The molecular formula is C20H24N4O4S2. The number of amidine groups is 1. The number of anilines is 1. The topological polar surface area (TPSA) is 83.5 Å². The van der Waals surface area contributed by atoms with E-state index in [1.54, 1.807) is 27.7 Å². The number of para-hydroxylation sites is 1. The van der Waals surface area contributed by atoms with Gasteiger partial charge in [-0.3, -0.25) is 0 Å². The lowest BCUT2D eigenvalue weighted by Gasteiger charge is -2.39. The average Bonchev–Trinajstić information content (AvgIpc) is 3.21. The van der Waals surface area contributed by atoms with Gasteiger partial charge in [-0.15, -0.1) is 15.8 Å². The van der Waals surface area contributed by atoms with Crippen LogP contribution in [0, 0.1) is 0 Å². The van der Waals surface area contributed by atoms with Crippen LogP contribution in [-0.4, -0.2) is 39.0 Å². The largest absolute Gasteiger partial charge is 0.445 e. The predicted molar refractivity (Wildman–Crippen MR) is 119 cm³/mol. The van der Waals surface area contributed by atoms with Crippen molar-refractivity contribution in [3.63, 3.8) is 0 Å². The van der Waals surface area contributed by atoms with Crippen molar-refractivity contribution < 1.29 is 19.1 Å². The SMILES string of the molecule is CC(C)OC(=O)N1SC(Nc2ccccc2)=NC(c2cccs2)N1C(=O)OC(C)C. The maximum absolute atomic E-state index is 12.9. The first kappa shape index (κ1) is 22.0. The number of rotatable bonds is 4. The number of nitrogens with one attached hydrogen (secondary N) is 1. The summed E-state index contributed by atoms with van der Waals surface area (Å²) in [5, 5.41) is 6.73. The summed E-state index contributed by atoms with van der Waals surface area (Å²) in [5.41, 5.74) is 0.809. The van der Waals surface area contributed by atoms with Gasteiger partial charge in [-0.1, -0.05) is 24.3 Å². The number of carbonyl (C=O) groups is 2. The van der Waals surface area contributed by atoms with E-state index < -0.39 is 18.4 Å². The molecule has 1 N–H and O–H groups in total. The van der Waals surface area contributed by atoms with E-state index in [2.05, 4.69) is 5.32 Å². The molecule has 1 unspecified atom stereocenters. The molecule has 0 bridgehead atoms. The van der Waals surface area contributed by atoms with E-state index in [4.69, 9.17) is 14.5 Å². The van der Waals surface area contributed by atoms with Gasteiger partial charge in [0.1, 0.15) is 0 Å². The second kappa shape index (κ2) is 9.86. The van der Waals surface area contributed by atoms with Crippen molar-refractivity contribution >= 4 is 46.3 Å². The van der Waals surface area contributed by atoms with Gasteiger partial charge >= 0.3 is 12.2 Å². The quantitative estimate of drug-likeness (QED) is 0.623. The van der Waals surface area contributed by atoms with Gasteiger partial charge in [0.15, 0.2) is 11.3 Å². The lowest BCUT2D eigenvalue weighted by atomic mass is 10.3. The summed E-state index contributed by atoms with van der Waals surface area (Å²) in [4.78, 5) is 31.3. The Balaban J connectivity index is 2.00. The molecule has 0 saturated carbocycles. The molecule has 10 heteroatoms. The highest BCUT2D eigenvalue weighted by atomic mass is 32.2. The fourth-order valence-electron chi connectivity index (χ4n) is 2.54. The minimum Gasteiger partial charge on any atom is -0.445 e. The molecule has 0 spiro atoms. The number of hydrogen-bond donors (Lipinski definition) is 1. The van der Waals surface area contributed by atoms with E-state index in [9.17, 15) is 9.59 Å². The summed E-state index contributed by atoms with van der Waals surface area (Å²) >= 11 is 2.40. The number of benzene rings is 1. The van der Waals surface area contributed by atoms with Gasteiger partial charge in [0, 0.05) is 5.69 Å². The lowest BCUT2D eigenvalue weighted by Crippen LogP contribution is -2.51. The highest BCUT2D eigenvalue weighted by Gasteiger charge is 2.42. The minimum absolute atomic E-state index is 0.356. The Morgan fingerprint density at radius 1 is 1.00 bits per heavy atom. The molecule has 30 heavy (non-hydrogen) atoms. The van der Waals surface area contributed by atoms with Crippen LogP contribution in [0.15, 0.2) is 52.8 Å². The first-order valence-corrected chi connectivity index (χ1v) is 11.1. The predicted octanol–water partition coefficient (Wildman–Crippen LogP) is 5.49. The molecule has 3 rings (SSSR count). The fraction of sp³-hybridized carbons (Fsp3) is 0.350. The summed E-state index contributed by atoms with van der Waals surface area (Å²) in [7, 11) is 0. The van der Waals surface area contributed by atoms with Gasteiger partial charge in [-0.05, 0) is 51.3 Å². The molecule has 2 aromatic rings. The second-order valence-corrected chi connectivity index (χ2v) is 8.78. The third-order valence-corrected chi connectivity index (χ3v) is 5.47. The third-order valence-electron chi connectivity index (χ3n) is 3.68. The molecule has 0 fully saturated rings. The highest BCUT2D eigenvalue weighted by Crippen LogP contribution is 2.37. The van der Waals surface area contributed by atoms with Gasteiger partial charge in [0.2, 0.25) is 0 Å². The number of aliphatic imine (C=N–C) groups is 1. The van der Waals surface area contributed by atoms with E-state index in [1.807, 2.05) is 47.8 Å². The average molecular weight is 449 g/mol. The Hall–Kier alpha value is -2.72. The summed E-state index contributed by atoms with van der Waals surface area (Å²) in [6.07, 6.45) is -2.85. The Kier molecular flexibility index (Phi) is 7.22. The number of hydrazine groups is 1. The Bertz CT molecular complexity index is 887. The summed E-state index contributed by atoms with van der Waals surface area (Å²) in [5.74, 6) is 0. The second-order valence-electron chi connectivity index (χ2n) is 6.89. The summed E-state index contributed by atoms with van der Waals surface area (Å²) < 4.78 is 11.9. The monoisotopic (exact) mass is 448 g/mol. The normalized spacial score (nSPS) is 16.5. The number of ether oxygens (including phenoxy) is 2. The molecule has 1 aliphatic rings. The van der Waals surface area contributed by atoms with Crippen LogP contribution < -0.4 is 5.32 Å². The molecule has 1 aromatic heterocycles. The first-order chi connectivity index (χ1) is 14.3. The van der Waals surface area contributed by atoms with E-state index in [0.29, 0.717) is 5.17 Å². The number of thiophene rings is 1. The van der Waals surface area contributed by atoms with E-state index in [1.165, 1.54) is 16.3 Å². The van der Waals surface area contributed by atoms with Crippen molar-refractivity contribution in [1.29, 1.82) is 0 Å². The standard InChI is InChI=1S/C20H24N4O4S2/c1-13(2)27-19(25)23-17(16-11-8-12-29-16)22-18(21-15-9-6-5-7-10-15)30-24(23)20(26)28-14(3)4/h5-14,17H,1-4H3,(H,21,22). The Morgan fingerprint density at radius 3 is 2.27 bits per heavy atom. The molecule has 160 valence electrons. The first-order valence-electron chi connectivity index (χ1n) is 9.47. The molecule has 0 saturated heterocycles. The summed E-state index contributed by atoms with van der Waals surface area (Å²) in [6.45, 7) is 6.99. The van der Waals surface area contributed by atoms with Crippen LogP contribution in [0.4, 0.5) is 15.3 Å². The minimum atomic E-state index is -0.775. The zero-order chi connectivity index (χ0) is 21.7. The molecule has 8 nitrogen and oxygen atoms in total. The van der Waals surface area contributed by atoms with Gasteiger partial charge in [-0.2, -0.15) is 5.01 Å². The van der Waals surface area contributed by atoms with Crippen molar-refractivity contribution in [2.45, 2.75) is 46.1 Å².